The van der Waals surface area contributed by atoms with Crippen LogP contribution < -0.4 is 5.32 Å². The van der Waals surface area contributed by atoms with E-state index in [4.69, 9.17) is 0 Å². The van der Waals surface area contributed by atoms with Gasteiger partial charge in [0.15, 0.2) is 0 Å². The van der Waals surface area contributed by atoms with Crippen LogP contribution in [0.15, 0.2) is 24.3 Å². The minimum Gasteiger partial charge on any atom is -0.314 e. The summed E-state index contributed by atoms with van der Waals surface area (Å²) in [6.07, 6.45) is 6.76. The lowest BCUT2D eigenvalue weighted by Gasteiger charge is -2.38. The first kappa shape index (κ1) is 13.1. The topological polar surface area (TPSA) is 15.3 Å². The molecule has 0 heterocycles. The van der Waals surface area contributed by atoms with E-state index in [1.165, 1.54) is 32.1 Å². The smallest absolute Gasteiger partial charge is 0.0327 e. The van der Waals surface area contributed by atoms with E-state index in [2.05, 4.69) is 48.6 Å². The molecule has 1 unspecified atom stereocenters. The van der Waals surface area contributed by atoms with Gasteiger partial charge < -0.3 is 10.2 Å². The molecule has 3 rings (SSSR count). The molecule has 1 saturated carbocycles. The summed E-state index contributed by atoms with van der Waals surface area (Å²) in [6.45, 7) is 2.30. The third-order valence-electron chi connectivity index (χ3n) is 5.29. The Bertz CT molecular complexity index is 433. The zero-order valence-electron chi connectivity index (χ0n) is 12.3. The average Bonchev–Trinajstić information content (AvgIpc) is 2.85. The minimum atomic E-state index is 0.420. The molecule has 0 radical (unpaired) electrons. The number of nitrogens with one attached hydrogen (secondary N) is 1. The number of likely N-dealkylation sites (N-methyl/N-ethyl adjacent to an activating group) is 1. The minimum absolute atomic E-state index is 0.420. The second-order valence-corrected chi connectivity index (χ2v) is 6.56. The number of rotatable bonds is 5. The molecule has 1 N–H and O–H groups in total. The SMILES string of the molecule is CN(C)C1(CNCC2Cc3ccccc32)CCCC1. The Labute approximate surface area is 117 Å². The molecule has 0 aromatic heterocycles. The Morgan fingerprint density at radius 3 is 2.63 bits per heavy atom. The number of hydrogen-bond acceptors (Lipinski definition) is 2. The highest BCUT2D eigenvalue weighted by Gasteiger charge is 2.36. The summed E-state index contributed by atoms with van der Waals surface area (Å²) < 4.78 is 0. The highest BCUT2D eigenvalue weighted by atomic mass is 15.2. The van der Waals surface area contributed by atoms with Gasteiger partial charge in [-0.05, 0) is 44.5 Å². The van der Waals surface area contributed by atoms with Crippen molar-refractivity contribution in [2.75, 3.05) is 27.2 Å². The van der Waals surface area contributed by atoms with E-state index in [-0.39, 0.29) is 0 Å². The van der Waals surface area contributed by atoms with Crippen molar-refractivity contribution in [3.8, 4) is 0 Å². The lowest BCUT2D eigenvalue weighted by Crippen LogP contribution is -2.50. The number of hydrogen-bond donors (Lipinski definition) is 1. The summed E-state index contributed by atoms with van der Waals surface area (Å²) in [5, 5.41) is 3.75. The molecule has 0 aliphatic heterocycles. The fraction of sp³-hybridized carbons (Fsp3) is 0.647. The van der Waals surface area contributed by atoms with Gasteiger partial charge in [-0.15, -0.1) is 0 Å². The van der Waals surface area contributed by atoms with E-state index < -0.39 is 0 Å². The summed E-state index contributed by atoms with van der Waals surface area (Å²) >= 11 is 0. The summed E-state index contributed by atoms with van der Waals surface area (Å²) in [5.74, 6) is 0.747. The molecule has 2 nitrogen and oxygen atoms in total. The van der Waals surface area contributed by atoms with E-state index in [0.717, 1.165) is 19.0 Å². The fourth-order valence-corrected chi connectivity index (χ4v) is 3.84. The number of nitrogens with zero attached hydrogens (tertiary/aromatic N) is 1. The van der Waals surface area contributed by atoms with Crippen LogP contribution in [0, 0.1) is 0 Å². The van der Waals surface area contributed by atoms with Crippen molar-refractivity contribution >= 4 is 0 Å². The quantitative estimate of drug-likeness (QED) is 0.873. The summed E-state index contributed by atoms with van der Waals surface area (Å²) in [4.78, 5) is 2.45. The van der Waals surface area contributed by atoms with Crippen LogP contribution >= 0.6 is 0 Å². The Kier molecular flexibility index (Phi) is 3.64. The van der Waals surface area contributed by atoms with E-state index in [0.29, 0.717) is 5.54 Å². The fourth-order valence-electron chi connectivity index (χ4n) is 3.84. The highest BCUT2D eigenvalue weighted by molar-refractivity contribution is 5.40. The van der Waals surface area contributed by atoms with Crippen molar-refractivity contribution in [1.29, 1.82) is 0 Å². The van der Waals surface area contributed by atoms with Gasteiger partial charge in [0.05, 0.1) is 0 Å². The largest absolute Gasteiger partial charge is 0.314 e. The molecule has 104 valence electrons. The van der Waals surface area contributed by atoms with Gasteiger partial charge in [0.1, 0.15) is 0 Å². The zero-order valence-corrected chi connectivity index (χ0v) is 12.3. The van der Waals surface area contributed by atoms with E-state index in [9.17, 15) is 0 Å². The van der Waals surface area contributed by atoms with Crippen LogP contribution in [-0.4, -0.2) is 37.6 Å². The van der Waals surface area contributed by atoms with E-state index in [1.54, 1.807) is 11.1 Å². The van der Waals surface area contributed by atoms with E-state index >= 15 is 0 Å². The number of fused-ring (bicyclic) bond motifs is 1. The molecule has 2 aliphatic carbocycles. The van der Waals surface area contributed by atoms with Gasteiger partial charge in [0.2, 0.25) is 0 Å². The standard InChI is InChI=1S/C17H26N2/c1-19(2)17(9-5-6-10-17)13-18-12-15-11-14-7-3-4-8-16(14)15/h3-4,7-8,15,18H,5-6,9-13H2,1-2H3. The van der Waals surface area contributed by atoms with Crippen LogP contribution in [0.25, 0.3) is 0 Å². The predicted octanol–water partition coefficient (Wildman–Crippen LogP) is 2.79. The van der Waals surface area contributed by atoms with Crippen molar-refractivity contribution in [3.05, 3.63) is 35.4 Å². The normalized spacial score (nSPS) is 24.3. The third kappa shape index (κ3) is 2.44. The van der Waals surface area contributed by atoms with Gasteiger partial charge in [-0.3, -0.25) is 0 Å². The summed E-state index contributed by atoms with van der Waals surface area (Å²) in [5.41, 5.74) is 3.54. The molecule has 0 bridgehead atoms. The first-order valence-corrected chi connectivity index (χ1v) is 7.67. The van der Waals surface area contributed by atoms with Crippen molar-refractivity contribution in [3.63, 3.8) is 0 Å². The molecular formula is C17H26N2. The van der Waals surface area contributed by atoms with Gasteiger partial charge in [0.25, 0.3) is 0 Å². The van der Waals surface area contributed by atoms with E-state index in [1.807, 2.05) is 0 Å². The van der Waals surface area contributed by atoms with Gasteiger partial charge in [-0.25, -0.2) is 0 Å². The Morgan fingerprint density at radius 1 is 1.21 bits per heavy atom. The molecule has 2 aliphatic rings. The second-order valence-electron chi connectivity index (χ2n) is 6.56. The summed E-state index contributed by atoms with van der Waals surface area (Å²) in [6, 6.07) is 8.89. The lowest BCUT2D eigenvalue weighted by molar-refractivity contribution is 0.153. The lowest BCUT2D eigenvalue weighted by atomic mass is 9.77. The summed E-state index contributed by atoms with van der Waals surface area (Å²) in [7, 11) is 4.48. The van der Waals surface area contributed by atoms with Crippen LogP contribution in [0.2, 0.25) is 0 Å². The monoisotopic (exact) mass is 258 g/mol. The molecule has 0 spiro atoms. The van der Waals surface area contributed by atoms with Gasteiger partial charge >= 0.3 is 0 Å². The van der Waals surface area contributed by atoms with Crippen LogP contribution in [0.5, 0.6) is 0 Å². The van der Waals surface area contributed by atoms with Crippen molar-refractivity contribution in [2.45, 2.75) is 43.6 Å². The van der Waals surface area contributed by atoms with Crippen LogP contribution in [0.3, 0.4) is 0 Å². The van der Waals surface area contributed by atoms with Gasteiger partial charge in [-0.2, -0.15) is 0 Å². The van der Waals surface area contributed by atoms with Gasteiger partial charge in [-0.1, -0.05) is 37.1 Å². The Balaban J connectivity index is 1.52. The predicted molar refractivity (Wildman–Crippen MR) is 80.6 cm³/mol. The molecule has 1 aromatic carbocycles. The first-order chi connectivity index (χ1) is 9.21. The Hall–Kier alpha value is -0.860. The van der Waals surface area contributed by atoms with Crippen LogP contribution in [0.4, 0.5) is 0 Å². The van der Waals surface area contributed by atoms with Crippen molar-refractivity contribution in [2.24, 2.45) is 0 Å². The molecule has 1 aromatic rings. The maximum absolute atomic E-state index is 3.75. The Morgan fingerprint density at radius 2 is 1.95 bits per heavy atom. The van der Waals surface area contributed by atoms with Crippen LogP contribution in [0.1, 0.15) is 42.7 Å². The molecule has 0 amide bonds. The molecule has 1 fully saturated rings. The highest BCUT2D eigenvalue weighted by Crippen LogP contribution is 2.35. The van der Waals surface area contributed by atoms with Crippen LogP contribution in [-0.2, 0) is 6.42 Å². The first-order valence-electron chi connectivity index (χ1n) is 7.67. The molecular weight excluding hydrogens is 232 g/mol. The second kappa shape index (κ2) is 5.26. The molecule has 19 heavy (non-hydrogen) atoms. The van der Waals surface area contributed by atoms with Crippen molar-refractivity contribution < 1.29 is 0 Å². The maximum atomic E-state index is 3.75. The van der Waals surface area contributed by atoms with Gasteiger partial charge in [0, 0.05) is 24.5 Å². The number of benzene rings is 1. The van der Waals surface area contributed by atoms with Crippen molar-refractivity contribution in [1.82, 2.24) is 10.2 Å². The average molecular weight is 258 g/mol. The molecule has 2 heteroatoms. The maximum Gasteiger partial charge on any atom is 0.0327 e. The third-order valence-corrected chi connectivity index (χ3v) is 5.29. The molecule has 0 saturated heterocycles. The molecule has 1 atom stereocenters. The zero-order chi connectivity index (χ0) is 13.3.